The monoisotopic (exact) mass is 203 g/mol. The largest absolute Gasteiger partial charge is 0.478 e. The lowest BCUT2D eigenvalue weighted by Gasteiger charge is -1.98. The molecule has 78 valence electrons. The van der Waals surface area contributed by atoms with Gasteiger partial charge in [-0.15, -0.1) is 0 Å². The summed E-state index contributed by atoms with van der Waals surface area (Å²) in [6.07, 6.45) is 4.37. The van der Waals surface area contributed by atoms with Crippen LogP contribution in [0.15, 0.2) is 24.5 Å². The maximum Gasteiger partial charge on any atom is 0.337 e. The molecule has 0 unspecified atom stereocenters. The molecule has 0 saturated carbocycles. The molecule has 0 bridgehead atoms. The number of carboxylic acid groups (broad SMARTS) is 1. The van der Waals surface area contributed by atoms with Gasteiger partial charge in [-0.25, -0.2) is 4.79 Å². The smallest absolute Gasteiger partial charge is 0.337 e. The van der Waals surface area contributed by atoms with Gasteiger partial charge >= 0.3 is 5.97 Å². The Morgan fingerprint density at radius 3 is 2.73 bits per heavy atom. The Hall–Kier alpha value is -1.77. The summed E-state index contributed by atoms with van der Waals surface area (Å²) in [5.41, 5.74) is 3.42. The maximum absolute atomic E-state index is 11.0. The fourth-order valence-corrected chi connectivity index (χ4v) is 1.90. The lowest BCUT2D eigenvalue weighted by Crippen LogP contribution is -1.97. The molecule has 1 N–H and O–H groups in total. The minimum absolute atomic E-state index is 0.406. The van der Waals surface area contributed by atoms with Gasteiger partial charge < -0.3 is 9.51 Å². The van der Waals surface area contributed by atoms with Crippen LogP contribution in [0, 0.1) is 6.92 Å². The number of carboxylic acids is 1. The van der Waals surface area contributed by atoms with Gasteiger partial charge in [0.05, 0.1) is 5.56 Å². The molecule has 2 aromatic heterocycles. The summed E-state index contributed by atoms with van der Waals surface area (Å²) in [5, 5.41) is 9.05. The average Bonchev–Trinajstić information content (AvgIpc) is 2.55. The van der Waals surface area contributed by atoms with Crippen molar-refractivity contribution in [2.45, 2.75) is 20.3 Å². The van der Waals surface area contributed by atoms with E-state index in [1.165, 1.54) is 0 Å². The molecule has 0 saturated heterocycles. The van der Waals surface area contributed by atoms with Crippen molar-refractivity contribution in [3.8, 4) is 0 Å². The van der Waals surface area contributed by atoms with E-state index >= 15 is 0 Å². The van der Waals surface area contributed by atoms with E-state index < -0.39 is 5.97 Å². The molecule has 0 aliphatic carbocycles. The maximum atomic E-state index is 11.0. The number of hydrogen-bond donors (Lipinski definition) is 1. The Kier molecular flexibility index (Phi) is 2.23. The lowest BCUT2D eigenvalue weighted by atomic mass is 10.1. The fraction of sp³-hybridized carbons (Fsp3) is 0.250. The third-order valence-corrected chi connectivity index (χ3v) is 2.61. The SMILES string of the molecule is CCc1c(C(=O)O)cn2cc(C)ccc12. The van der Waals surface area contributed by atoms with Gasteiger partial charge in [0.25, 0.3) is 0 Å². The number of pyridine rings is 1. The number of nitrogens with zero attached hydrogens (tertiary/aromatic N) is 1. The highest BCUT2D eigenvalue weighted by Crippen LogP contribution is 2.20. The molecule has 2 aromatic rings. The first-order valence-corrected chi connectivity index (χ1v) is 4.97. The van der Waals surface area contributed by atoms with E-state index in [9.17, 15) is 4.79 Å². The van der Waals surface area contributed by atoms with E-state index in [4.69, 9.17) is 5.11 Å². The molecule has 2 rings (SSSR count). The molecule has 0 fully saturated rings. The van der Waals surface area contributed by atoms with Crippen molar-refractivity contribution >= 4 is 11.5 Å². The zero-order chi connectivity index (χ0) is 11.0. The molecule has 0 radical (unpaired) electrons. The molecule has 0 aliphatic rings. The number of carbonyl (C=O) groups is 1. The van der Waals surface area contributed by atoms with Crippen LogP contribution in [0.5, 0.6) is 0 Å². The minimum Gasteiger partial charge on any atom is -0.478 e. The van der Waals surface area contributed by atoms with Gasteiger partial charge in [0, 0.05) is 17.9 Å². The zero-order valence-electron chi connectivity index (χ0n) is 8.82. The standard InChI is InChI=1S/C12H13NO2/c1-3-9-10(12(14)15)7-13-6-8(2)4-5-11(9)13/h4-7H,3H2,1-2H3,(H,14,15). The second-order valence-electron chi connectivity index (χ2n) is 3.68. The topological polar surface area (TPSA) is 41.7 Å². The highest BCUT2D eigenvalue weighted by molar-refractivity contribution is 5.92. The lowest BCUT2D eigenvalue weighted by molar-refractivity contribution is 0.0696. The molecule has 0 aromatic carbocycles. The molecule has 0 amide bonds. The molecule has 3 heteroatoms. The van der Waals surface area contributed by atoms with E-state index in [2.05, 4.69) is 0 Å². The van der Waals surface area contributed by atoms with Gasteiger partial charge in [0.1, 0.15) is 0 Å². The predicted octanol–water partition coefficient (Wildman–Crippen LogP) is 2.51. The zero-order valence-corrected chi connectivity index (χ0v) is 8.82. The van der Waals surface area contributed by atoms with Crippen LogP contribution in [0.4, 0.5) is 0 Å². The summed E-state index contributed by atoms with van der Waals surface area (Å²) in [7, 11) is 0. The first-order valence-electron chi connectivity index (χ1n) is 4.97. The van der Waals surface area contributed by atoms with Crippen molar-refractivity contribution in [1.82, 2.24) is 4.40 Å². The number of aryl methyl sites for hydroxylation is 2. The normalized spacial score (nSPS) is 10.8. The molecule has 0 spiro atoms. The molecule has 3 nitrogen and oxygen atoms in total. The molecule has 0 aliphatic heterocycles. The van der Waals surface area contributed by atoms with E-state index in [0.717, 1.165) is 23.1 Å². The second-order valence-corrected chi connectivity index (χ2v) is 3.68. The van der Waals surface area contributed by atoms with Gasteiger partial charge in [0.2, 0.25) is 0 Å². The Labute approximate surface area is 88.0 Å². The van der Waals surface area contributed by atoms with Crippen molar-refractivity contribution in [3.05, 3.63) is 41.2 Å². The highest BCUT2D eigenvalue weighted by Gasteiger charge is 2.14. The van der Waals surface area contributed by atoms with Crippen LogP contribution in [0.3, 0.4) is 0 Å². The van der Waals surface area contributed by atoms with Gasteiger partial charge in [-0.05, 0) is 30.5 Å². The van der Waals surface area contributed by atoms with Crippen LogP contribution in [-0.2, 0) is 6.42 Å². The summed E-state index contributed by atoms with van der Waals surface area (Å²) in [6.45, 7) is 3.97. The van der Waals surface area contributed by atoms with Gasteiger partial charge in [0.15, 0.2) is 0 Å². The average molecular weight is 203 g/mol. The van der Waals surface area contributed by atoms with Gasteiger partial charge in [-0.2, -0.15) is 0 Å². The van der Waals surface area contributed by atoms with Crippen molar-refractivity contribution in [2.24, 2.45) is 0 Å². The molecule has 15 heavy (non-hydrogen) atoms. The minimum atomic E-state index is -0.854. The van der Waals surface area contributed by atoms with Crippen molar-refractivity contribution < 1.29 is 9.90 Å². The Balaban J connectivity index is 2.78. The van der Waals surface area contributed by atoms with Crippen LogP contribution in [0.2, 0.25) is 0 Å². The first kappa shape index (κ1) is 9.77. The summed E-state index contributed by atoms with van der Waals surface area (Å²) >= 11 is 0. The second kappa shape index (κ2) is 3.42. The third-order valence-electron chi connectivity index (χ3n) is 2.61. The van der Waals surface area contributed by atoms with Crippen LogP contribution in [0.1, 0.15) is 28.4 Å². The van der Waals surface area contributed by atoms with Crippen LogP contribution >= 0.6 is 0 Å². The van der Waals surface area contributed by atoms with E-state index in [1.54, 1.807) is 6.20 Å². The van der Waals surface area contributed by atoms with Crippen LogP contribution in [-0.4, -0.2) is 15.5 Å². The fourth-order valence-electron chi connectivity index (χ4n) is 1.90. The van der Waals surface area contributed by atoms with Gasteiger partial charge in [-0.1, -0.05) is 13.0 Å². The summed E-state index contributed by atoms with van der Waals surface area (Å²) < 4.78 is 1.89. The molecule has 0 atom stereocenters. The Bertz CT molecular complexity index is 526. The van der Waals surface area contributed by atoms with Crippen molar-refractivity contribution in [1.29, 1.82) is 0 Å². The quantitative estimate of drug-likeness (QED) is 0.814. The van der Waals surface area contributed by atoms with E-state index in [0.29, 0.717) is 5.56 Å². The van der Waals surface area contributed by atoms with Crippen molar-refractivity contribution in [3.63, 3.8) is 0 Å². The van der Waals surface area contributed by atoms with Crippen LogP contribution in [0.25, 0.3) is 5.52 Å². The number of aromatic carboxylic acids is 1. The number of hydrogen-bond acceptors (Lipinski definition) is 1. The summed E-state index contributed by atoms with van der Waals surface area (Å²) in [4.78, 5) is 11.0. The highest BCUT2D eigenvalue weighted by atomic mass is 16.4. The summed E-state index contributed by atoms with van der Waals surface area (Å²) in [5.74, 6) is -0.854. The Morgan fingerprint density at radius 1 is 1.40 bits per heavy atom. The summed E-state index contributed by atoms with van der Waals surface area (Å²) in [6, 6.07) is 3.97. The number of fused-ring (bicyclic) bond motifs is 1. The molecule has 2 heterocycles. The molecular weight excluding hydrogens is 190 g/mol. The third kappa shape index (κ3) is 1.50. The van der Waals surface area contributed by atoms with Gasteiger partial charge in [-0.3, -0.25) is 0 Å². The predicted molar refractivity (Wildman–Crippen MR) is 58.5 cm³/mol. The van der Waals surface area contributed by atoms with E-state index in [-0.39, 0.29) is 0 Å². The Morgan fingerprint density at radius 2 is 2.13 bits per heavy atom. The van der Waals surface area contributed by atoms with Crippen molar-refractivity contribution in [2.75, 3.05) is 0 Å². The van der Waals surface area contributed by atoms with Crippen LogP contribution < -0.4 is 0 Å². The number of rotatable bonds is 2. The molecular formula is C12H13NO2. The first-order chi connectivity index (χ1) is 7.13. The number of aromatic nitrogens is 1. The van der Waals surface area contributed by atoms with E-state index in [1.807, 2.05) is 36.6 Å².